The van der Waals surface area contributed by atoms with Crippen molar-refractivity contribution in [2.45, 2.75) is 6.54 Å². The molecular formula is C12H10BrClN2O. The minimum absolute atomic E-state index is 0.167. The Balaban J connectivity index is 2.02. The number of aromatic hydroxyl groups is 1. The molecule has 1 heterocycles. The number of nitrogens with zero attached hydrogens (tertiary/aromatic N) is 1. The Bertz CT molecular complexity index is 516. The van der Waals surface area contributed by atoms with Crippen molar-refractivity contribution in [2.75, 3.05) is 5.32 Å². The first-order valence-corrected chi connectivity index (χ1v) is 6.15. The Morgan fingerprint density at radius 3 is 2.76 bits per heavy atom. The number of nitrogens with one attached hydrogen (secondary N) is 1. The average Bonchev–Trinajstić information content (AvgIpc) is 2.33. The third-order valence-electron chi connectivity index (χ3n) is 2.20. The molecule has 2 N–H and O–H groups in total. The van der Waals surface area contributed by atoms with Crippen molar-refractivity contribution >= 4 is 33.2 Å². The number of hydrogen-bond donors (Lipinski definition) is 2. The summed E-state index contributed by atoms with van der Waals surface area (Å²) in [6, 6.07) is 9.03. The quantitative estimate of drug-likeness (QED) is 0.905. The maximum absolute atomic E-state index is 9.10. The van der Waals surface area contributed by atoms with Crippen LogP contribution < -0.4 is 5.32 Å². The lowest BCUT2D eigenvalue weighted by Gasteiger charge is -2.07. The van der Waals surface area contributed by atoms with Gasteiger partial charge in [-0.1, -0.05) is 11.6 Å². The fourth-order valence-electron chi connectivity index (χ4n) is 1.32. The molecule has 2 rings (SSSR count). The molecule has 0 saturated carbocycles. The second-order valence-corrected chi connectivity index (χ2v) is 4.75. The number of aromatic nitrogens is 1. The summed E-state index contributed by atoms with van der Waals surface area (Å²) in [6.45, 7) is 0.582. The number of anilines is 1. The summed E-state index contributed by atoms with van der Waals surface area (Å²) < 4.78 is 0.868. The maximum atomic E-state index is 9.10. The molecule has 3 nitrogen and oxygen atoms in total. The van der Waals surface area contributed by atoms with Gasteiger partial charge in [-0.2, -0.15) is 0 Å². The van der Waals surface area contributed by atoms with Crippen LogP contribution >= 0.6 is 27.5 Å². The van der Waals surface area contributed by atoms with E-state index in [0.717, 1.165) is 15.9 Å². The van der Waals surface area contributed by atoms with Gasteiger partial charge in [-0.25, -0.2) is 0 Å². The zero-order valence-corrected chi connectivity index (χ0v) is 11.2. The van der Waals surface area contributed by atoms with Crippen molar-refractivity contribution in [1.82, 2.24) is 4.98 Å². The lowest BCUT2D eigenvalue weighted by atomic mass is 10.3. The van der Waals surface area contributed by atoms with Crippen LogP contribution in [0.2, 0.25) is 5.02 Å². The van der Waals surface area contributed by atoms with Crippen LogP contribution in [0, 0.1) is 0 Å². The normalized spacial score (nSPS) is 10.2. The predicted octanol–water partition coefficient (Wildman–Crippen LogP) is 3.82. The van der Waals surface area contributed by atoms with Crippen molar-refractivity contribution in [3.8, 4) is 5.75 Å². The van der Waals surface area contributed by atoms with E-state index in [1.54, 1.807) is 12.1 Å². The fourth-order valence-corrected chi connectivity index (χ4v) is 1.75. The summed E-state index contributed by atoms with van der Waals surface area (Å²) in [5, 5.41) is 13.0. The zero-order valence-electron chi connectivity index (χ0n) is 8.82. The summed E-state index contributed by atoms with van der Waals surface area (Å²) in [5.74, 6) is 0.167. The number of hydrogen-bond acceptors (Lipinski definition) is 3. The van der Waals surface area contributed by atoms with Gasteiger partial charge in [0.2, 0.25) is 0 Å². The highest BCUT2D eigenvalue weighted by Crippen LogP contribution is 2.25. The van der Waals surface area contributed by atoms with E-state index in [1.807, 2.05) is 18.2 Å². The minimum Gasteiger partial charge on any atom is -0.506 e. The molecule has 88 valence electrons. The molecule has 0 unspecified atom stereocenters. The largest absolute Gasteiger partial charge is 0.506 e. The van der Waals surface area contributed by atoms with Gasteiger partial charge in [-0.05, 0) is 46.3 Å². The molecule has 1 aromatic heterocycles. The van der Waals surface area contributed by atoms with Gasteiger partial charge in [0.05, 0.1) is 23.5 Å². The Hall–Kier alpha value is -1.26. The van der Waals surface area contributed by atoms with Gasteiger partial charge < -0.3 is 10.4 Å². The highest BCUT2D eigenvalue weighted by Gasteiger charge is 1.99. The molecule has 1 aromatic carbocycles. The number of benzene rings is 1. The Kier molecular flexibility index (Phi) is 3.86. The molecule has 0 atom stereocenters. The van der Waals surface area contributed by atoms with Gasteiger partial charge in [0.15, 0.2) is 0 Å². The van der Waals surface area contributed by atoms with Crippen LogP contribution in [-0.4, -0.2) is 10.1 Å². The third-order valence-corrected chi connectivity index (χ3v) is 3.43. The van der Waals surface area contributed by atoms with Crippen LogP contribution in [0.4, 0.5) is 5.69 Å². The van der Waals surface area contributed by atoms with E-state index in [9.17, 15) is 0 Å². The first kappa shape index (κ1) is 12.2. The molecule has 2 aromatic rings. The molecule has 0 aliphatic carbocycles. The second-order valence-electron chi connectivity index (χ2n) is 3.49. The van der Waals surface area contributed by atoms with Gasteiger partial charge >= 0.3 is 0 Å². The van der Waals surface area contributed by atoms with E-state index < -0.39 is 0 Å². The molecule has 0 fully saturated rings. The molecule has 0 aliphatic heterocycles. The third kappa shape index (κ3) is 3.35. The summed E-state index contributed by atoms with van der Waals surface area (Å²) >= 11 is 9.31. The molecule has 0 saturated heterocycles. The summed E-state index contributed by atoms with van der Waals surface area (Å²) in [6.07, 6.45) is 1.42. The molecule has 0 spiro atoms. The first-order chi connectivity index (χ1) is 8.15. The van der Waals surface area contributed by atoms with Gasteiger partial charge in [-0.3, -0.25) is 4.98 Å². The molecule has 0 radical (unpaired) electrons. The second kappa shape index (κ2) is 5.38. The van der Waals surface area contributed by atoms with Gasteiger partial charge in [-0.15, -0.1) is 0 Å². The standard InChI is InChI=1S/C12H10BrClN2O/c13-11-4-2-8(5-12(11)14)15-6-9-1-3-10(17)7-16-9/h1-5,7,15,17H,6H2. The predicted molar refractivity (Wildman–Crippen MR) is 72.4 cm³/mol. The van der Waals surface area contributed by atoms with Crippen LogP contribution in [0.3, 0.4) is 0 Å². The van der Waals surface area contributed by atoms with E-state index >= 15 is 0 Å². The fraction of sp³-hybridized carbons (Fsp3) is 0.0833. The SMILES string of the molecule is Oc1ccc(CNc2ccc(Br)c(Cl)c2)nc1. The lowest BCUT2D eigenvalue weighted by molar-refractivity contribution is 0.472. The van der Waals surface area contributed by atoms with Crippen LogP contribution in [0.1, 0.15) is 5.69 Å². The summed E-state index contributed by atoms with van der Waals surface area (Å²) in [4.78, 5) is 4.08. The molecular weight excluding hydrogens is 304 g/mol. The summed E-state index contributed by atoms with van der Waals surface area (Å²) in [7, 11) is 0. The van der Waals surface area contributed by atoms with Crippen LogP contribution in [0.5, 0.6) is 5.75 Å². The zero-order chi connectivity index (χ0) is 12.3. The van der Waals surface area contributed by atoms with Crippen LogP contribution in [0.25, 0.3) is 0 Å². The van der Waals surface area contributed by atoms with Crippen molar-refractivity contribution in [3.05, 3.63) is 51.7 Å². The molecule has 17 heavy (non-hydrogen) atoms. The Morgan fingerprint density at radius 1 is 1.29 bits per heavy atom. The summed E-state index contributed by atoms with van der Waals surface area (Å²) in [5.41, 5.74) is 1.77. The van der Waals surface area contributed by atoms with E-state index in [-0.39, 0.29) is 5.75 Å². The Morgan fingerprint density at radius 2 is 2.12 bits per heavy atom. The molecule has 5 heteroatoms. The molecule has 0 amide bonds. The van der Waals surface area contributed by atoms with Crippen molar-refractivity contribution in [1.29, 1.82) is 0 Å². The first-order valence-electron chi connectivity index (χ1n) is 4.98. The van der Waals surface area contributed by atoms with Gasteiger partial charge in [0.25, 0.3) is 0 Å². The maximum Gasteiger partial charge on any atom is 0.133 e. The monoisotopic (exact) mass is 312 g/mol. The topological polar surface area (TPSA) is 45.1 Å². The van der Waals surface area contributed by atoms with Crippen LogP contribution in [-0.2, 0) is 6.54 Å². The lowest BCUT2D eigenvalue weighted by Crippen LogP contribution is -2.00. The highest BCUT2D eigenvalue weighted by molar-refractivity contribution is 9.10. The average molecular weight is 314 g/mol. The minimum atomic E-state index is 0.167. The Labute approximate surface area is 113 Å². The highest BCUT2D eigenvalue weighted by atomic mass is 79.9. The molecule has 0 aliphatic rings. The van der Waals surface area contributed by atoms with E-state index in [2.05, 4.69) is 26.2 Å². The molecule has 0 bridgehead atoms. The van der Waals surface area contributed by atoms with Crippen molar-refractivity contribution in [2.24, 2.45) is 0 Å². The number of pyridine rings is 1. The number of rotatable bonds is 3. The van der Waals surface area contributed by atoms with Crippen LogP contribution in [0.15, 0.2) is 41.0 Å². The van der Waals surface area contributed by atoms with Crippen molar-refractivity contribution in [3.63, 3.8) is 0 Å². The number of halogens is 2. The van der Waals surface area contributed by atoms with Crippen molar-refractivity contribution < 1.29 is 5.11 Å². The van der Waals surface area contributed by atoms with E-state index in [1.165, 1.54) is 6.20 Å². The van der Waals surface area contributed by atoms with E-state index in [0.29, 0.717) is 11.6 Å². The van der Waals surface area contributed by atoms with Gasteiger partial charge in [0.1, 0.15) is 5.75 Å². The smallest absolute Gasteiger partial charge is 0.133 e. The van der Waals surface area contributed by atoms with Gasteiger partial charge in [0, 0.05) is 10.2 Å². The van der Waals surface area contributed by atoms with E-state index in [4.69, 9.17) is 16.7 Å².